The number of likely N-dealkylation sites (tertiary alicyclic amines) is 1. The van der Waals surface area contributed by atoms with Crippen molar-refractivity contribution in [2.24, 2.45) is 17.8 Å². The van der Waals surface area contributed by atoms with E-state index in [4.69, 9.17) is 9.47 Å². The zero-order chi connectivity index (χ0) is 30.0. The number of carboxylic acid groups (broad SMARTS) is 1. The van der Waals surface area contributed by atoms with E-state index >= 15 is 0 Å². The fraction of sp³-hybridized carbons (Fsp3) is 0.857. The maximum absolute atomic E-state index is 13.7. The van der Waals surface area contributed by atoms with Gasteiger partial charge in [0.1, 0.15) is 6.04 Å². The molecule has 11 heteroatoms. The van der Waals surface area contributed by atoms with Crippen LogP contribution in [0.4, 0.5) is 0 Å². The molecule has 1 aliphatic heterocycles. The van der Waals surface area contributed by atoms with E-state index in [1.807, 2.05) is 27.7 Å². The number of aliphatic carboxylic acids is 1. The van der Waals surface area contributed by atoms with Gasteiger partial charge in [-0.1, -0.05) is 34.1 Å². The van der Waals surface area contributed by atoms with Crippen LogP contribution in [-0.2, 0) is 28.7 Å². The van der Waals surface area contributed by atoms with Crippen molar-refractivity contribution in [2.45, 2.75) is 90.6 Å². The number of rotatable bonds is 16. The number of methoxy groups -OCH3 is 2. The van der Waals surface area contributed by atoms with Crippen LogP contribution in [0.25, 0.3) is 0 Å². The minimum atomic E-state index is -0.967. The van der Waals surface area contributed by atoms with E-state index in [-0.39, 0.29) is 48.6 Å². The van der Waals surface area contributed by atoms with Crippen molar-refractivity contribution in [3.8, 4) is 0 Å². The van der Waals surface area contributed by atoms with Crippen LogP contribution in [0.3, 0.4) is 0 Å². The van der Waals surface area contributed by atoms with E-state index in [9.17, 15) is 24.3 Å². The first kappa shape index (κ1) is 34.8. The van der Waals surface area contributed by atoms with Crippen molar-refractivity contribution < 1.29 is 33.8 Å². The van der Waals surface area contributed by atoms with Gasteiger partial charge in [0, 0.05) is 27.8 Å². The van der Waals surface area contributed by atoms with Crippen molar-refractivity contribution in [3.63, 3.8) is 0 Å². The molecule has 1 aliphatic rings. The van der Waals surface area contributed by atoms with Gasteiger partial charge < -0.3 is 34.6 Å². The smallest absolute Gasteiger partial charge is 0.308 e. The van der Waals surface area contributed by atoms with Crippen LogP contribution in [0, 0.1) is 17.8 Å². The van der Waals surface area contributed by atoms with Gasteiger partial charge in [0.05, 0.1) is 43.2 Å². The molecule has 1 saturated heterocycles. The topological polar surface area (TPSA) is 129 Å². The Kier molecular flexibility index (Phi) is 14.4. The molecule has 0 aromatic rings. The van der Waals surface area contributed by atoms with Gasteiger partial charge in [-0.2, -0.15) is 0 Å². The lowest BCUT2D eigenvalue weighted by molar-refractivity contribution is -0.152. The molecule has 0 aromatic heterocycles. The molecule has 1 fully saturated rings. The summed E-state index contributed by atoms with van der Waals surface area (Å²) in [5.74, 6) is -2.48. The fourth-order valence-corrected chi connectivity index (χ4v) is 5.54. The highest BCUT2D eigenvalue weighted by molar-refractivity contribution is 5.88. The summed E-state index contributed by atoms with van der Waals surface area (Å²) in [6.45, 7) is 10.1. The van der Waals surface area contributed by atoms with Gasteiger partial charge in [-0.3, -0.25) is 19.2 Å². The molecular formula is C28H52N4O7. The Morgan fingerprint density at radius 2 is 1.67 bits per heavy atom. The molecule has 0 aromatic carbocycles. The number of carbonyl (C=O) groups excluding carboxylic acids is 3. The minimum Gasteiger partial charge on any atom is -0.481 e. The summed E-state index contributed by atoms with van der Waals surface area (Å²) < 4.78 is 11.4. The first-order chi connectivity index (χ1) is 18.2. The van der Waals surface area contributed by atoms with Gasteiger partial charge in [-0.25, -0.2) is 0 Å². The summed E-state index contributed by atoms with van der Waals surface area (Å²) in [5, 5.41) is 12.4. The van der Waals surface area contributed by atoms with Crippen LogP contribution in [-0.4, -0.2) is 122 Å². The molecule has 1 rings (SSSR count). The molecule has 0 saturated carbocycles. The molecular weight excluding hydrogens is 504 g/mol. The summed E-state index contributed by atoms with van der Waals surface area (Å²) in [4.78, 5) is 56.6. The SMILES string of the molecule is CC[C@H](C)[C@@H]([C@@H](CC(=O)N1CCC[C@H]1[C@H](OC)[C@@H](C)C(=O)O)OC)N(C)C(=O)[C@@H](NC(=O)CN(C)C)C(C)C. The number of nitrogens with one attached hydrogen (secondary N) is 1. The number of nitrogens with zero attached hydrogens (tertiary/aromatic N) is 3. The third kappa shape index (κ3) is 9.42. The molecule has 0 spiro atoms. The Morgan fingerprint density at radius 1 is 1.05 bits per heavy atom. The minimum absolute atomic E-state index is 0.00937. The number of carbonyl (C=O) groups is 4. The summed E-state index contributed by atoms with van der Waals surface area (Å²) in [6, 6.07) is -1.48. The van der Waals surface area contributed by atoms with Gasteiger partial charge in [-0.15, -0.1) is 0 Å². The number of hydrogen-bond acceptors (Lipinski definition) is 7. The fourth-order valence-electron chi connectivity index (χ4n) is 5.54. The van der Waals surface area contributed by atoms with E-state index in [1.165, 1.54) is 14.2 Å². The zero-order valence-corrected chi connectivity index (χ0v) is 25.6. The molecule has 2 N–H and O–H groups in total. The van der Waals surface area contributed by atoms with Gasteiger partial charge >= 0.3 is 5.97 Å². The van der Waals surface area contributed by atoms with Crippen molar-refractivity contribution >= 4 is 23.7 Å². The van der Waals surface area contributed by atoms with Crippen molar-refractivity contribution in [3.05, 3.63) is 0 Å². The summed E-state index contributed by atoms with van der Waals surface area (Å²) in [7, 11) is 8.30. The van der Waals surface area contributed by atoms with E-state index < -0.39 is 36.2 Å². The first-order valence-electron chi connectivity index (χ1n) is 14.0. The van der Waals surface area contributed by atoms with E-state index in [0.29, 0.717) is 13.0 Å². The van der Waals surface area contributed by atoms with Gasteiger partial charge in [0.15, 0.2) is 0 Å². The Morgan fingerprint density at radius 3 is 2.13 bits per heavy atom. The highest BCUT2D eigenvalue weighted by atomic mass is 16.5. The second kappa shape index (κ2) is 16.1. The van der Waals surface area contributed by atoms with Gasteiger partial charge in [-0.05, 0) is 45.7 Å². The largest absolute Gasteiger partial charge is 0.481 e. The third-order valence-electron chi connectivity index (χ3n) is 7.94. The van der Waals surface area contributed by atoms with Crippen LogP contribution < -0.4 is 5.32 Å². The number of hydrogen-bond donors (Lipinski definition) is 2. The second-order valence-electron chi connectivity index (χ2n) is 11.5. The molecule has 226 valence electrons. The van der Waals surface area contributed by atoms with E-state index in [1.54, 1.807) is 42.8 Å². The van der Waals surface area contributed by atoms with Crippen molar-refractivity contribution in [1.82, 2.24) is 20.0 Å². The molecule has 39 heavy (non-hydrogen) atoms. The predicted octanol–water partition coefficient (Wildman–Crippen LogP) is 1.69. The molecule has 0 unspecified atom stereocenters. The number of likely N-dealkylation sites (N-methyl/N-ethyl adjacent to an activating group) is 2. The maximum Gasteiger partial charge on any atom is 0.308 e. The molecule has 0 radical (unpaired) electrons. The highest BCUT2D eigenvalue weighted by Gasteiger charge is 2.42. The van der Waals surface area contributed by atoms with Gasteiger partial charge in [0.2, 0.25) is 17.7 Å². The molecule has 7 atom stereocenters. The van der Waals surface area contributed by atoms with Crippen LogP contribution in [0.5, 0.6) is 0 Å². The third-order valence-corrected chi connectivity index (χ3v) is 7.94. The lowest BCUT2D eigenvalue weighted by Crippen LogP contribution is -2.58. The monoisotopic (exact) mass is 556 g/mol. The quantitative estimate of drug-likeness (QED) is 0.294. The molecule has 0 aliphatic carbocycles. The van der Waals surface area contributed by atoms with Crippen LogP contribution in [0.1, 0.15) is 60.3 Å². The van der Waals surface area contributed by atoms with Crippen molar-refractivity contribution in [1.29, 1.82) is 0 Å². The lowest BCUT2D eigenvalue weighted by Gasteiger charge is -2.40. The summed E-state index contributed by atoms with van der Waals surface area (Å²) >= 11 is 0. The van der Waals surface area contributed by atoms with Gasteiger partial charge in [0.25, 0.3) is 0 Å². The predicted molar refractivity (Wildman–Crippen MR) is 149 cm³/mol. The number of carboxylic acids is 1. The Hall–Kier alpha value is -2.24. The summed E-state index contributed by atoms with van der Waals surface area (Å²) in [5.41, 5.74) is 0. The van der Waals surface area contributed by atoms with Crippen LogP contribution >= 0.6 is 0 Å². The zero-order valence-electron chi connectivity index (χ0n) is 25.6. The normalized spacial score (nSPS) is 20.3. The molecule has 1 heterocycles. The Labute approximate surface area is 234 Å². The van der Waals surface area contributed by atoms with Crippen LogP contribution in [0.15, 0.2) is 0 Å². The average Bonchev–Trinajstić information content (AvgIpc) is 3.35. The Bertz CT molecular complexity index is 822. The molecule has 11 nitrogen and oxygen atoms in total. The standard InChI is InChI=1S/C28H52N4O7/c1-11-18(4)25(31(8)27(35)24(17(2)3)29-22(33)16-30(6)7)21(38-9)15-23(34)32-14-12-13-20(32)26(39-10)19(5)28(36)37/h17-21,24-26H,11-16H2,1-10H3,(H,29,33)(H,36,37)/t18-,19+,20-,21+,24-,25-,26+/m0/s1. The molecule has 0 bridgehead atoms. The van der Waals surface area contributed by atoms with E-state index in [0.717, 1.165) is 12.8 Å². The lowest BCUT2D eigenvalue weighted by atomic mass is 9.89. The maximum atomic E-state index is 13.7. The number of ether oxygens (including phenoxy) is 2. The Balaban J connectivity index is 3.19. The van der Waals surface area contributed by atoms with Crippen LogP contribution in [0.2, 0.25) is 0 Å². The summed E-state index contributed by atoms with van der Waals surface area (Å²) in [6.07, 6.45) is 1.000. The van der Waals surface area contributed by atoms with Crippen molar-refractivity contribution in [2.75, 3.05) is 48.5 Å². The number of amides is 3. The molecule has 3 amide bonds. The van der Waals surface area contributed by atoms with E-state index in [2.05, 4.69) is 5.32 Å². The highest BCUT2D eigenvalue weighted by Crippen LogP contribution is 2.29. The first-order valence-corrected chi connectivity index (χ1v) is 14.0. The average molecular weight is 557 g/mol. The second-order valence-corrected chi connectivity index (χ2v) is 11.5.